The molecule has 2 aromatic rings. The zero-order chi connectivity index (χ0) is 14.7. The smallest absolute Gasteiger partial charge is 0.224 e. The Morgan fingerprint density at radius 2 is 2.38 bits per heavy atom. The van der Waals surface area contributed by atoms with Gasteiger partial charge in [-0.3, -0.25) is 0 Å². The van der Waals surface area contributed by atoms with E-state index in [9.17, 15) is 5.11 Å². The van der Waals surface area contributed by atoms with Crippen molar-refractivity contribution in [1.82, 2.24) is 24.8 Å². The van der Waals surface area contributed by atoms with E-state index in [1.54, 1.807) is 6.33 Å². The van der Waals surface area contributed by atoms with Gasteiger partial charge in [0.05, 0.1) is 12.4 Å². The maximum Gasteiger partial charge on any atom is 0.224 e. The van der Waals surface area contributed by atoms with Crippen LogP contribution in [0, 0.1) is 0 Å². The van der Waals surface area contributed by atoms with Crippen LogP contribution in [-0.2, 0) is 0 Å². The van der Waals surface area contributed by atoms with Gasteiger partial charge in [0.2, 0.25) is 5.95 Å². The van der Waals surface area contributed by atoms with Crippen LogP contribution < -0.4 is 11.1 Å². The molecule has 0 bridgehead atoms. The van der Waals surface area contributed by atoms with Gasteiger partial charge in [-0.2, -0.15) is 9.97 Å². The molecule has 8 nitrogen and oxygen atoms in total. The van der Waals surface area contributed by atoms with Crippen LogP contribution in [0.15, 0.2) is 6.33 Å². The number of imidazole rings is 1. The van der Waals surface area contributed by atoms with Crippen LogP contribution >= 0.6 is 0 Å². The quantitative estimate of drug-likeness (QED) is 0.581. The van der Waals surface area contributed by atoms with Crippen molar-refractivity contribution >= 4 is 22.9 Å². The Kier molecular flexibility index (Phi) is 4.16. The highest BCUT2D eigenvalue weighted by molar-refractivity contribution is 5.83. The molecule has 0 spiro atoms. The lowest BCUT2D eigenvalue weighted by atomic mass is 10.1. The molecule has 8 heteroatoms. The molecule has 1 fully saturated rings. The van der Waals surface area contributed by atoms with Crippen LogP contribution in [0.5, 0.6) is 0 Å². The Bertz CT molecular complexity index is 599. The van der Waals surface area contributed by atoms with E-state index in [2.05, 4.69) is 30.2 Å². The van der Waals surface area contributed by atoms with Crippen molar-refractivity contribution in [1.29, 1.82) is 0 Å². The van der Waals surface area contributed by atoms with Crippen molar-refractivity contribution in [2.24, 2.45) is 0 Å². The molecule has 21 heavy (non-hydrogen) atoms. The number of hydrogen-bond donors (Lipinski definition) is 4. The minimum absolute atomic E-state index is 0.169. The standard InChI is InChI=1S/C13H21N7O/c14-13-18-11(10-12(19-13)17-8-16-10)15-4-2-6-20-5-1-3-9(21)7-20/h8-9,21H,1-7H2,(H4,14,15,16,17,18,19). The van der Waals surface area contributed by atoms with Gasteiger partial charge >= 0.3 is 0 Å². The molecule has 1 unspecified atom stereocenters. The van der Waals surface area contributed by atoms with Crippen LogP contribution in [0.4, 0.5) is 11.8 Å². The highest BCUT2D eigenvalue weighted by Crippen LogP contribution is 2.17. The first-order valence-corrected chi connectivity index (χ1v) is 7.33. The Morgan fingerprint density at radius 1 is 1.48 bits per heavy atom. The summed E-state index contributed by atoms with van der Waals surface area (Å²) in [5, 5.41) is 12.9. The average molecular weight is 291 g/mol. The SMILES string of the molecule is Nc1nc(NCCCN2CCCC(O)C2)c2[nH]cnc2n1. The number of likely N-dealkylation sites (tertiary alicyclic amines) is 1. The molecule has 0 radical (unpaired) electrons. The van der Waals surface area contributed by atoms with Crippen LogP contribution in [0.2, 0.25) is 0 Å². The van der Waals surface area contributed by atoms with Crippen molar-refractivity contribution in [3.05, 3.63) is 6.33 Å². The first-order valence-electron chi connectivity index (χ1n) is 7.33. The number of nitrogens with two attached hydrogens (primary N) is 1. The van der Waals surface area contributed by atoms with Gasteiger partial charge in [-0.05, 0) is 32.4 Å². The molecule has 114 valence electrons. The lowest BCUT2D eigenvalue weighted by Gasteiger charge is -2.29. The second-order valence-electron chi connectivity index (χ2n) is 5.41. The number of aromatic nitrogens is 4. The van der Waals surface area contributed by atoms with Gasteiger partial charge in [0.15, 0.2) is 11.5 Å². The zero-order valence-corrected chi connectivity index (χ0v) is 11.9. The number of β-amino-alcohol motifs (C(OH)–C–C–N with tert-alkyl or cyclic N) is 1. The molecule has 1 atom stereocenters. The zero-order valence-electron chi connectivity index (χ0n) is 11.9. The molecule has 1 aliphatic heterocycles. The van der Waals surface area contributed by atoms with Crippen molar-refractivity contribution in [3.8, 4) is 0 Å². The second-order valence-corrected chi connectivity index (χ2v) is 5.41. The first kappa shape index (κ1) is 14.0. The maximum atomic E-state index is 9.64. The number of nitrogens with one attached hydrogen (secondary N) is 2. The van der Waals surface area contributed by atoms with E-state index in [0.717, 1.165) is 51.0 Å². The number of rotatable bonds is 5. The van der Waals surface area contributed by atoms with Crippen molar-refractivity contribution < 1.29 is 5.11 Å². The molecule has 5 N–H and O–H groups in total. The Labute approximate surface area is 122 Å². The average Bonchev–Trinajstić information content (AvgIpc) is 2.91. The summed E-state index contributed by atoms with van der Waals surface area (Å²) in [6.07, 6.45) is 4.39. The minimum Gasteiger partial charge on any atom is -0.392 e. The molecule has 1 saturated heterocycles. The van der Waals surface area contributed by atoms with Gasteiger partial charge in [0.1, 0.15) is 5.52 Å². The summed E-state index contributed by atoms with van der Waals surface area (Å²) < 4.78 is 0. The largest absolute Gasteiger partial charge is 0.392 e. The number of fused-ring (bicyclic) bond motifs is 1. The summed E-state index contributed by atoms with van der Waals surface area (Å²) in [4.78, 5) is 17.7. The number of piperidine rings is 1. The number of nitrogen functional groups attached to an aromatic ring is 1. The predicted molar refractivity (Wildman–Crippen MR) is 80.9 cm³/mol. The molecule has 3 rings (SSSR count). The number of aliphatic hydroxyl groups excluding tert-OH is 1. The molecule has 3 heterocycles. The number of hydrogen-bond acceptors (Lipinski definition) is 7. The van der Waals surface area contributed by atoms with E-state index in [1.807, 2.05) is 0 Å². The fourth-order valence-corrected chi connectivity index (χ4v) is 2.72. The molecular weight excluding hydrogens is 270 g/mol. The van der Waals surface area contributed by atoms with Crippen molar-refractivity contribution in [2.45, 2.75) is 25.4 Å². The molecule has 0 aliphatic carbocycles. The second kappa shape index (κ2) is 6.23. The topological polar surface area (TPSA) is 116 Å². The van der Waals surface area contributed by atoms with Gasteiger partial charge in [-0.25, -0.2) is 4.98 Å². The third-order valence-corrected chi connectivity index (χ3v) is 3.73. The van der Waals surface area contributed by atoms with Gasteiger partial charge in [0, 0.05) is 13.1 Å². The van der Waals surface area contributed by atoms with Crippen molar-refractivity contribution in [2.75, 3.05) is 37.2 Å². The first-order chi connectivity index (χ1) is 10.2. The van der Waals surface area contributed by atoms with Crippen molar-refractivity contribution in [3.63, 3.8) is 0 Å². The number of aliphatic hydroxyl groups is 1. The fraction of sp³-hybridized carbons (Fsp3) is 0.615. The van der Waals surface area contributed by atoms with E-state index in [-0.39, 0.29) is 12.1 Å². The Hall–Kier alpha value is -1.93. The van der Waals surface area contributed by atoms with Crippen LogP contribution in [0.3, 0.4) is 0 Å². The van der Waals surface area contributed by atoms with E-state index < -0.39 is 0 Å². The predicted octanol–water partition coefficient (Wildman–Crippen LogP) is 0.194. The summed E-state index contributed by atoms with van der Waals surface area (Å²) in [5.41, 5.74) is 7.02. The highest BCUT2D eigenvalue weighted by atomic mass is 16.3. The van der Waals surface area contributed by atoms with Gasteiger partial charge in [0.25, 0.3) is 0 Å². The van der Waals surface area contributed by atoms with E-state index in [0.29, 0.717) is 11.5 Å². The van der Waals surface area contributed by atoms with E-state index in [4.69, 9.17) is 5.73 Å². The van der Waals surface area contributed by atoms with Gasteiger partial charge in [-0.15, -0.1) is 0 Å². The molecule has 0 amide bonds. The monoisotopic (exact) mass is 291 g/mol. The van der Waals surface area contributed by atoms with E-state index in [1.165, 1.54) is 0 Å². The van der Waals surface area contributed by atoms with Crippen LogP contribution in [0.1, 0.15) is 19.3 Å². The Balaban J connectivity index is 1.51. The number of aromatic amines is 1. The normalized spacial score (nSPS) is 20.0. The minimum atomic E-state index is -0.169. The summed E-state index contributed by atoms with van der Waals surface area (Å²) in [6, 6.07) is 0. The number of H-pyrrole nitrogens is 1. The highest BCUT2D eigenvalue weighted by Gasteiger charge is 2.16. The van der Waals surface area contributed by atoms with Crippen LogP contribution in [-0.4, -0.2) is 62.2 Å². The molecule has 0 aromatic carbocycles. The van der Waals surface area contributed by atoms with Gasteiger partial charge in [-0.1, -0.05) is 0 Å². The lowest BCUT2D eigenvalue weighted by molar-refractivity contribution is 0.0706. The number of anilines is 2. The molecule has 2 aromatic heterocycles. The van der Waals surface area contributed by atoms with Crippen LogP contribution in [0.25, 0.3) is 11.2 Å². The summed E-state index contributed by atoms with van der Waals surface area (Å²) in [7, 11) is 0. The summed E-state index contributed by atoms with van der Waals surface area (Å²) in [6.45, 7) is 3.61. The Morgan fingerprint density at radius 3 is 3.24 bits per heavy atom. The fourth-order valence-electron chi connectivity index (χ4n) is 2.72. The summed E-state index contributed by atoms with van der Waals surface area (Å²) >= 11 is 0. The summed E-state index contributed by atoms with van der Waals surface area (Å²) in [5.74, 6) is 0.907. The lowest BCUT2D eigenvalue weighted by Crippen LogP contribution is -2.39. The number of nitrogens with zero attached hydrogens (tertiary/aromatic N) is 4. The van der Waals surface area contributed by atoms with Gasteiger partial charge < -0.3 is 26.0 Å². The third-order valence-electron chi connectivity index (χ3n) is 3.73. The molecular formula is C13H21N7O. The third kappa shape index (κ3) is 3.40. The molecule has 1 aliphatic rings. The molecule has 0 saturated carbocycles. The maximum absolute atomic E-state index is 9.64. The van der Waals surface area contributed by atoms with E-state index >= 15 is 0 Å².